The van der Waals surface area contributed by atoms with E-state index in [2.05, 4.69) is 32.0 Å². The van der Waals surface area contributed by atoms with Crippen LogP contribution in [0.3, 0.4) is 0 Å². The lowest BCUT2D eigenvalue weighted by Crippen LogP contribution is -2.49. The van der Waals surface area contributed by atoms with Crippen LogP contribution in [0.2, 0.25) is 0 Å². The average molecular weight is 480 g/mol. The maximum Gasteiger partial charge on any atom is 0.259 e. The predicted molar refractivity (Wildman–Crippen MR) is 134 cm³/mol. The van der Waals surface area contributed by atoms with Crippen molar-refractivity contribution in [3.63, 3.8) is 0 Å². The third-order valence-corrected chi connectivity index (χ3v) is 6.68. The van der Waals surface area contributed by atoms with Crippen LogP contribution in [0.1, 0.15) is 29.2 Å². The zero-order valence-electron chi connectivity index (χ0n) is 19.9. The zero-order chi connectivity index (χ0) is 24.5. The quantitative estimate of drug-likeness (QED) is 0.377. The highest BCUT2D eigenvalue weighted by atomic mass is 16.5. The Bertz CT molecular complexity index is 1490. The molecule has 36 heavy (non-hydrogen) atoms. The number of fused-ring (bicyclic) bond motifs is 1. The molecule has 9 nitrogen and oxygen atoms in total. The van der Waals surface area contributed by atoms with E-state index in [-0.39, 0.29) is 11.9 Å². The van der Waals surface area contributed by atoms with Gasteiger partial charge in [0.2, 0.25) is 11.7 Å². The minimum absolute atomic E-state index is 0.0423. The molecule has 0 bridgehead atoms. The highest BCUT2D eigenvalue weighted by Crippen LogP contribution is 2.25. The van der Waals surface area contributed by atoms with Crippen molar-refractivity contribution in [1.82, 2.24) is 34.5 Å². The van der Waals surface area contributed by atoms with Gasteiger partial charge in [0.25, 0.3) is 5.91 Å². The molecule has 3 aromatic heterocycles. The van der Waals surface area contributed by atoms with Gasteiger partial charge < -0.3 is 9.42 Å². The predicted octanol–water partition coefficient (Wildman–Crippen LogP) is 3.97. The molecule has 1 amide bonds. The van der Waals surface area contributed by atoms with Crippen LogP contribution >= 0.6 is 0 Å². The van der Waals surface area contributed by atoms with E-state index in [1.54, 1.807) is 16.9 Å². The summed E-state index contributed by atoms with van der Waals surface area (Å²) in [5.74, 6) is 1.11. The van der Waals surface area contributed by atoms with Gasteiger partial charge in [-0.15, -0.1) is 0 Å². The van der Waals surface area contributed by atoms with Gasteiger partial charge in [-0.2, -0.15) is 10.1 Å². The maximum atomic E-state index is 13.4. The Kier molecular flexibility index (Phi) is 5.74. The van der Waals surface area contributed by atoms with Gasteiger partial charge in [-0.25, -0.2) is 9.50 Å². The number of hydrogen-bond acceptors (Lipinski definition) is 7. The van der Waals surface area contributed by atoms with Gasteiger partial charge in [0.15, 0.2) is 5.65 Å². The molecule has 9 heteroatoms. The molecule has 6 rings (SSSR count). The number of benzene rings is 2. The highest BCUT2D eigenvalue weighted by molar-refractivity contribution is 6.00. The van der Waals surface area contributed by atoms with Crippen LogP contribution in [-0.2, 0) is 0 Å². The second kappa shape index (κ2) is 9.35. The lowest BCUT2D eigenvalue weighted by molar-refractivity contribution is 0.0553. The van der Waals surface area contributed by atoms with Crippen LogP contribution < -0.4 is 0 Å². The molecule has 1 unspecified atom stereocenters. The van der Waals surface area contributed by atoms with Crippen molar-refractivity contribution in [2.24, 2.45) is 0 Å². The number of carbonyl (C=O) groups excluding carboxylic acids is 1. The SMILES string of the molecule is CC(c1nc(-c2ccccc2)no1)N1CCN(C(=O)c2cnn3c(-c4ccccc4)ccnc23)CC1. The van der Waals surface area contributed by atoms with Crippen molar-refractivity contribution in [3.05, 3.63) is 90.6 Å². The number of carbonyl (C=O) groups is 1. The van der Waals surface area contributed by atoms with Gasteiger partial charge in [0, 0.05) is 43.5 Å². The van der Waals surface area contributed by atoms with Crippen molar-refractivity contribution in [1.29, 1.82) is 0 Å². The second-order valence-electron chi connectivity index (χ2n) is 8.82. The number of aromatic nitrogens is 5. The lowest BCUT2D eigenvalue weighted by atomic mass is 10.1. The van der Waals surface area contributed by atoms with Crippen LogP contribution in [0.15, 0.2) is 83.6 Å². The van der Waals surface area contributed by atoms with E-state index < -0.39 is 0 Å². The van der Waals surface area contributed by atoms with E-state index in [1.807, 2.05) is 71.6 Å². The van der Waals surface area contributed by atoms with E-state index in [0.717, 1.165) is 16.8 Å². The fourth-order valence-electron chi connectivity index (χ4n) is 4.62. The van der Waals surface area contributed by atoms with Crippen molar-refractivity contribution in [2.75, 3.05) is 26.2 Å². The Balaban J connectivity index is 1.15. The molecule has 0 spiro atoms. The van der Waals surface area contributed by atoms with Crippen molar-refractivity contribution in [2.45, 2.75) is 13.0 Å². The topological polar surface area (TPSA) is 92.7 Å². The normalized spacial score (nSPS) is 15.3. The molecule has 1 atom stereocenters. The van der Waals surface area contributed by atoms with E-state index >= 15 is 0 Å². The number of amides is 1. The van der Waals surface area contributed by atoms with Crippen molar-refractivity contribution < 1.29 is 9.32 Å². The van der Waals surface area contributed by atoms with Crippen LogP contribution in [0.5, 0.6) is 0 Å². The summed E-state index contributed by atoms with van der Waals surface area (Å²) in [4.78, 5) is 26.6. The van der Waals surface area contributed by atoms with Gasteiger partial charge in [-0.05, 0) is 13.0 Å². The molecule has 0 radical (unpaired) electrons. The Morgan fingerprint density at radius 1 is 0.917 bits per heavy atom. The molecule has 4 heterocycles. The van der Waals surface area contributed by atoms with Gasteiger partial charge in [-0.3, -0.25) is 9.69 Å². The smallest absolute Gasteiger partial charge is 0.259 e. The fraction of sp³-hybridized carbons (Fsp3) is 0.222. The minimum Gasteiger partial charge on any atom is -0.337 e. The first kappa shape index (κ1) is 22.1. The number of hydrogen-bond donors (Lipinski definition) is 0. The Morgan fingerprint density at radius 3 is 2.33 bits per heavy atom. The molecule has 0 aliphatic carbocycles. The number of piperazine rings is 1. The molecule has 2 aromatic carbocycles. The third-order valence-electron chi connectivity index (χ3n) is 6.68. The van der Waals surface area contributed by atoms with Crippen LogP contribution in [-0.4, -0.2) is 66.6 Å². The number of rotatable bonds is 5. The molecule has 5 aromatic rings. The molecule has 1 saturated heterocycles. The standard InChI is InChI=1S/C27H25N7O2/c1-19(26-30-24(31-36-26)21-10-6-3-7-11-21)32-14-16-33(17-15-32)27(35)22-18-29-34-23(12-13-28-25(22)34)20-8-4-2-5-9-20/h2-13,18-19H,14-17H2,1H3. The summed E-state index contributed by atoms with van der Waals surface area (Å²) < 4.78 is 7.30. The highest BCUT2D eigenvalue weighted by Gasteiger charge is 2.29. The lowest BCUT2D eigenvalue weighted by Gasteiger charge is -2.36. The monoisotopic (exact) mass is 479 g/mol. The minimum atomic E-state index is -0.0563. The Labute approximate surface area is 208 Å². The van der Waals surface area contributed by atoms with Gasteiger partial charge >= 0.3 is 0 Å². The van der Waals surface area contributed by atoms with Gasteiger partial charge in [0.05, 0.1) is 17.9 Å². The summed E-state index contributed by atoms with van der Waals surface area (Å²) in [5.41, 5.74) is 3.92. The summed E-state index contributed by atoms with van der Waals surface area (Å²) >= 11 is 0. The molecule has 1 aliphatic heterocycles. The molecular formula is C27H25N7O2. The van der Waals surface area contributed by atoms with Gasteiger partial charge in [-0.1, -0.05) is 65.8 Å². The summed E-state index contributed by atoms with van der Waals surface area (Å²) in [6.07, 6.45) is 3.35. The van der Waals surface area contributed by atoms with Crippen LogP contribution in [0, 0.1) is 0 Å². The molecule has 1 fully saturated rings. The summed E-state index contributed by atoms with van der Waals surface area (Å²) in [6.45, 7) is 4.66. The van der Waals surface area contributed by atoms with Crippen LogP contribution in [0.4, 0.5) is 0 Å². The van der Waals surface area contributed by atoms with Crippen molar-refractivity contribution >= 4 is 11.6 Å². The Morgan fingerprint density at radius 2 is 1.61 bits per heavy atom. The molecule has 180 valence electrons. The Hall–Kier alpha value is -4.37. The molecular weight excluding hydrogens is 454 g/mol. The molecule has 0 N–H and O–H groups in total. The molecule has 1 aliphatic rings. The maximum absolute atomic E-state index is 13.4. The molecule has 0 saturated carbocycles. The second-order valence-corrected chi connectivity index (χ2v) is 8.82. The largest absolute Gasteiger partial charge is 0.337 e. The fourth-order valence-corrected chi connectivity index (χ4v) is 4.62. The van der Waals surface area contributed by atoms with Crippen LogP contribution in [0.25, 0.3) is 28.3 Å². The van der Waals surface area contributed by atoms with Crippen molar-refractivity contribution in [3.8, 4) is 22.6 Å². The van der Waals surface area contributed by atoms with E-state index in [4.69, 9.17) is 4.52 Å². The third kappa shape index (κ3) is 4.03. The first-order valence-corrected chi connectivity index (χ1v) is 12.0. The first-order valence-electron chi connectivity index (χ1n) is 12.0. The van der Waals surface area contributed by atoms with E-state index in [9.17, 15) is 4.79 Å². The van der Waals surface area contributed by atoms with Gasteiger partial charge in [0.1, 0.15) is 5.56 Å². The summed E-state index contributed by atoms with van der Waals surface area (Å²) in [5, 5.41) is 8.63. The summed E-state index contributed by atoms with van der Waals surface area (Å²) in [7, 11) is 0. The summed E-state index contributed by atoms with van der Waals surface area (Å²) in [6, 6.07) is 21.6. The number of nitrogens with zero attached hydrogens (tertiary/aromatic N) is 7. The van der Waals surface area contributed by atoms with E-state index in [0.29, 0.717) is 49.1 Å². The average Bonchev–Trinajstić information content (AvgIpc) is 3.61. The first-order chi connectivity index (χ1) is 17.7. The van der Waals surface area contributed by atoms with E-state index in [1.165, 1.54) is 0 Å². The zero-order valence-corrected chi connectivity index (χ0v) is 19.9.